The Kier molecular flexibility index (Phi) is 6.17. The molecule has 1 atom stereocenters. The lowest BCUT2D eigenvalue weighted by Crippen LogP contribution is -2.60. The van der Waals surface area contributed by atoms with E-state index in [1.807, 2.05) is 0 Å². The summed E-state index contributed by atoms with van der Waals surface area (Å²) >= 11 is 0. The zero-order valence-electron chi connectivity index (χ0n) is 18.7. The number of rotatable bonds is 5. The first-order valence-electron chi connectivity index (χ1n) is 9.94. The third-order valence-corrected chi connectivity index (χ3v) is 6.14. The number of hydrogen-bond donors (Lipinski definition) is 1. The highest BCUT2D eigenvalue weighted by atomic mass is 16.5. The summed E-state index contributed by atoms with van der Waals surface area (Å²) in [5, 5.41) is 3.66. The second kappa shape index (κ2) is 6.87. The first kappa shape index (κ1) is 22.5. The summed E-state index contributed by atoms with van der Waals surface area (Å²) in [5.74, 6) is -0.0206. The van der Waals surface area contributed by atoms with Crippen LogP contribution in [0.4, 0.5) is 0 Å². The molecule has 1 N–H and O–H groups in total. The lowest BCUT2D eigenvalue weighted by molar-refractivity contribution is -0.175. The van der Waals surface area contributed by atoms with Crippen LogP contribution in [0.3, 0.4) is 0 Å². The van der Waals surface area contributed by atoms with Gasteiger partial charge < -0.3 is 10.1 Å². The summed E-state index contributed by atoms with van der Waals surface area (Å²) in [4.78, 5) is 13.4. The van der Waals surface area contributed by atoms with Crippen LogP contribution in [0, 0.1) is 16.2 Å². The van der Waals surface area contributed by atoms with Crippen LogP contribution in [-0.2, 0) is 9.53 Å². The first-order chi connectivity index (χ1) is 10.9. The molecule has 0 aromatic heterocycles. The Labute approximate surface area is 156 Å². The Morgan fingerprint density at radius 2 is 1.44 bits per heavy atom. The van der Waals surface area contributed by atoms with E-state index in [0.717, 1.165) is 25.7 Å². The maximum absolute atomic E-state index is 13.4. The molecule has 1 heterocycles. The average molecular weight is 354 g/mol. The lowest BCUT2D eigenvalue weighted by atomic mass is 9.59. The molecule has 0 aromatic carbocycles. The first-order valence-corrected chi connectivity index (χ1v) is 9.94. The van der Waals surface area contributed by atoms with Crippen LogP contribution in [0.25, 0.3) is 0 Å². The van der Waals surface area contributed by atoms with E-state index in [1.165, 1.54) is 0 Å². The molecule has 1 rings (SSSR count). The fourth-order valence-electron chi connectivity index (χ4n) is 4.63. The number of nitrogens with one attached hydrogen (secondary N) is 1. The predicted octanol–water partition coefficient (Wildman–Crippen LogP) is 5.72. The summed E-state index contributed by atoms with van der Waals surface area (Å²) in [6.07, 6.45) is 3.49. The third-order valence-electron chi connectivity index (χ3n) is 6.14. The van der Waals surface area contributed by atoms with Gasteiger partial charge in [0.25, 0.3) is 0 Å². The fraction of sp³-hybridized carbons (Fsp3) is 0.955. The summed E-state index contributed by atoms with van der Waals surface area (Å²) in [6, 6.07) is 0. The van der Waals surface area contributed by atoms with Crippen LogP contribution in [0.15, 0.2) is 0 Å². The Hall–Kier alpha value is -0.570. The lowest BCUT2D eigenvalue weighted by Gasteiger charge is -2.49. The van der Waals surface area contributed by atoms with Gasteiger partial charge in [-0.1, -0.05) is 41.5 Å². The number of esters is 1. The average Bonchev–Trinajstić information content (AvgIpc) is 2.32. The number of ether oxygens (including phenoxy) is 1. The van der Waals surface area contributed by atoms with Crippen LogP contribution >= 0.6 is 0 Å². The molecule has 0 spiro atoms. The van der Waals surface area contributed by atoms with Gasteiger partial charge in [-0.25, -0.2) is 0 Å². The smallest absolute Gasteiger partial charge is 0.312 e. The van der Waals surface area contributed by atoms with Crippen molar-refractivity contribution in [1.82, 2.24) is 5.32 Å². The van der Waals surface area contributed by atoms with Crippen molar-refractivity contribution in [2.75, 3.05) is 0 Å². The van der Waals surface area contributed by atoms with E-state index < -0.39 is 5.41 Å². The molecule has 148 valence electrons. The minimum absolute atomic E-state index is 0.0204. The normalized spacial score (nSPS) is 23.8. The highest BCUT2D eigenvalue weighted by Gasteiger charge is 2.50. The quantitative estimate of drug-likeness (QED) is 0.643. The Balaban J connectivity index is 3.07. The molecule has 0 saturated carbocycles. The molecule has 1 fully saturated rings. The number of piperidine rings is 1. The summed E-state index contributed by atoms with van der Waals surface area (Å²) < 4.78 is 6.18. The molecule has 1 saturated heterocycles. The SMILES string of the molecule is CCC(C)(C)C(C)(CC(C)(C)C)C(=O)OC1CC(C)(C)NC(C)(C)C1. The summed E-state index contributed by atoms with van der Waals surface area (Å²) in [5.41, 5.74) is -0.553. The highest BCUT2D eigenvalue weighted by Crippen LogP contribution is 2.50. The molecule has 0 aliphatic carbocycles. The maximum Gasteiger partial charge on any atom is 0.312 e. The molecular weight excluding hydrogens is 310 g/mol. The molecule has 1 unspecified atom stereocenters. The zero-order valence-corrected chi connectivity index (χ0v) is 18.7. The topological polar surface area (TPSA) is 38.3 Å². The Bertz CT molecular complexity index is 469. The summed E-state index contributed by atoms with van der Waals surface area (Å²) in [6.45, 7) is 24.1. The second-order valence-corrected chi connectivity index (χ2v) is 11.6. The number of carbonyl (C=O) groups excluding carboxylic acids is 1. The molecule has 3 nitrogen and oxygen atoms in total. The Morgan fingerprint density at radius 3 is 1.80 bits per heavy atom. The standard InChI is InChI=1S/C22H43NO2/c1-12-19(5,6)22(11,15-18(2,3)4)17(24)25-16-13-20(7,8)23-21(9,10)14-16/h16,23H,12-15H2,1-11H3. The van der Waals surface area contributed by atoms with E-state index in [0.29, 0.717) is 0 Å². The molecule has 0 aromatic rings. The van der Waals surface area contributed by atoms with E-state index >= 15 is 0 Å². The predicted molar refractivity (Wildman–Crippen MR) is 107 cm³/mol. The number of carbonyl (C=O) groups is 1. The van der Waals surface area contributed by atoms with Gasteiger partial charge in [0.05, 0.1) is 5.41 Å². The molecular formula is C22H43NO2. The van der Waals surface area contributed by atoms with Gasteiger partial charge in [0.15, 0.2) is 0 Å². The Morgan fingerprint density at radius 1 is 1.00 bits per heavy atom. The van der Waals surface area contributed by atoms with Gasteiger partial charge in [-0.2, -0.15) is 0 Å². The molecule has 0 radical (unpaired) electrons. The van der Waals surface area contributed by atoms with Crippen molar-refractivity contribution < 1.29 is 9.53 Å². The van der Waals surface area contributed by atoms with Gasteiger partial charge in [0, 0.05) is 23.9 Å². The van der Waals surface area contributed by atoms with Crippen molar-refractivity contribution in [1.29, 1.82) is 0 Å². The molecule has 0 amide bonds. The van der Waals surface area contributed by atoms with E-state index in [1.54, 1.807) is 0 Å². The fourth-order valence-corrected chi connectivity index (χ4v) is 4.63. The van der Waals surface area contributed by atoms with E-state index in [2.05, 4.69) is 81.5 Å². The van der Waals surface area contributed by atoms with Crippen molar-refractivity contribution in [3.63, 3.8) is 0 Å². The van der Waals surface area contributed by atoms with E-state index in [4.69, 9.17) is 4.74 Å². The van der Waals surface area contributed by atoms with E-state index in [-0.39, 0.29) is 34.0 Å². The van der Waals surface area contributed by atoms with Gasteiger partial charge in [0.1, 0.15) is 6.10 Å². The van der Waals surface area contributed by atoms with Crippen LogP contribution < -0.4 is 5.32 Å². The van der Waals surface area contributed by atoms with Crippen molar-refractivity contribution in [3.8, 4) is 0 Å². The van der Waals surface area contributed by atoms with Crippen molar-refractivity contribution >= 4 is 5.97 Å². The van der Waals surface area contributed by atoms with Crippen LogP contribution in [-0.4, -0.2) is 23.2 Å². The number of hydrogen-bond acceptors (Lipinski definition) is 3. The monoisotopic (exact) mass is 353 g/mol. The van der Waals surface area contributed by atoms with Crippen LogP contribution in [0.2, 0.25) is 0 Å². The van der Waals surface area contributed by atoms with Crippen LogP contribution in [0.1, 0.15) is 102 Å². The highest BCUT2D eigenvalue weighted by molar-refractivity contribution is 5.77. The van der Waals surface area contributed by atoms with Gasteiger partial charge in [-0.3, -0.25) is 4.79 Å². The van der Waals surface area contributed by atoms with E-state index in [9.17, 15) is 4.79 Å². The van der Waals surface area contributed by atoms with Gasteiger partial charge in [0.2, 0.25) is 0 Å². The minimum Gasteiger partial charge on any atom is -0.462 e. The largest absolute Gasteiger partial charge is 0.462 e. The van der Waals surface area contributed by atoms with Crippen molar-refractivity contribution in [2.45, 2.75) is 119 Å². The molecule has 1 aliphatic heterocycles. The minimum atomic E-state index is -0.487. The van der Waals surface area contributed by atoms with Gasteiger partial charge >= 0.3 is 5.97 Å². The van der Waals surface area contributed by atoms with Crippen molar-refractivity contribution in [2.24, 2.45) is 16.2 Å². The summed E-state index contributed by atoms with van der Waals surface area (Å²) in [7, 11) is 0. The second-order valence-electron chi connectivity index (χ2n) is 11.6. The van der Waals surface area contributed by atoms with Crippen LogP contribution in [0.5, 0.6) is 0 Å². The van der Waals surface area contributed by atoms with Gasteiger partial charge in [-0.15, -0.1) is 0 Å². The molecule has 1 aliphatic rings. The van der Waals surface area contributed by atoms with Gasteiger partial charge in [-0.05, 0) is 58.3 Å². The zero-order chi connectivity index (χ0) is 19.9. The maximum atomic E-state index is 13.4. The third kappa shape index (κ3) is 5.70. The molecule has 25 heavy (non-hydrogen) atoms. The van der Waals surface area contributed by atoms with Crippen molar-refractivity contribution in [3.05, 3.63) is 0 Å². The molecule has 3 heteroatoms. The molecule has 0 bridgehead atoms.